The summed E-state index contributed by atoms with van der Waals surface area (Å²) < 4.78 is 5.57. The molecule has 2 unspecified atom stereocenters. The minimum atomic E-state index is -0.123. The van der Waals surface area contributed by atoms with Gasteiger partial charge in [-0.2, -0.15) is 5.26 Å². The number of para-hydroxylation sites is 1. The largest absolute Gasteiger partial charge is 0.396 e. The summed E-state index contributed by atoms with van der Waals surface area (Å²) in [5.74, 6) is 0. The van der Waals surface area contributed by atoms with E-state index in [9.17, 15) is 0 Å². The number of nitrogens with one attached hydrogen (secondary N) is 1. The van der Waals surface area contributed by atoms with Crippen molar-refractivity contribution in [1.29, 1.82) is 5.26 Å². The van der Waals surface area contributed by atoms with E-state index in [2.05, 4.69) is 18.3 Å². The van der Waals surface area contributed by atoms with Crippen LogP contribution in [0.25, 0.3) is 0 Å². The highest BCUT2D eigenvalue weighted by Crippen LogP contribution is 2.32. The fourth-order valence-corrected chi connectivity index (χ4v) is 2.08. The monoisotopic (exact) mass is 231 g/mol. The van der Waals surface area contributed by atoms with Crippen molar-refractivity contribution >= 4 is 11.4 Å². The number of nitrogens with zero attached hydrogens (tertiary/aromatic N) is 1. The van der Waals surface area contributed by atoms with E-state index in [1.165, 1.54) is 0 Å². The van der Waals surface area contributed by atoms with Gasteiger partial charge in [-0.3, -0.25) is 0 Å². The van der Waals surface area contributed by atoms with Gasteiger partial charge in [-0.15, -0.1) is 0 Å². The van der Waals surface area contributed by atoms with Crippen LogP contribution in [0.15, 0.2) is 18.2 Å². The molecule has 0 amide bonds. The molecule has 2 atom stereocenters. The summed E-state index contributed by atoms with van der Waals surface area (Å²) in [7, 11) is 0. The predicted octanol–water partition coefficient (Wildman–Crippen LogP) is 2.12. The third-order valence-electron chi connectivity index (χ3n) is 3.53. The van der Waals surface area contributed by atoms with Crippen LogP contribution in [0.3, 0.4) is 0 Å². The maximum atomic E-state index is 8.94. The zero-order valence-electron chi connectivity index (χ0n) is 10.2. The van der Waals surface area contributed by atoms with Crippen LogP contribution < -0.4 is 11.1 Å². The van der Waals surface area contributed by atoms with Gasteiger partial charge in [-0.1, -0.05) is 6.07 Å². The summed E-state index contributed by atoms with van der Waals surface area (Å²) in [5.41, 5.74) is 7.65. The Labute approximate surface area is 101 Å². The molecule has 1 aliphatic heterocycles. The molecule has 0 aromatic heterocycles. The number of nitriles is 1. The highest BCUT2D eigenvalue weighted by atomic mass is 16.5. The molecule has 0 radical (unpaired) electrons. The highest BCUT2D eigenvalue weighted by Gasteiger charge is 2.37. The Morgan fingerprint density at radius 3 is 2.94 bits per heavy atom. The van der Waals surface area contributed by atoms with Crippen molar-refractivity contribution in [3.63, 3.8) is 0 Å². The predicted molar refractivity (Wildman–Crippen MR) is 67.6 cm³/mol. The first kappa shape index (κ1) is 11.7. The lowest BCUT2D eigenvalue weighted by Gasteiger charge is -2.30. The van der Waals surface area contributed by atoms with Gasteiger partial charge in [0.25, 0.3) is 0 Å². The standard InChI is InChI=1S/C13H17N3O/c1-9-13(2,6-7-17-9)16-11-5-3-4-10(8-14)12(11)15/h3-5,9,16H,6-7,15H2,1-2H3. The van der Waals surface area contributed by atoms with Gasteiger partial charge in [-0.25, -0.2) is 0 Å². The molecule has 1 heterocycles. The van der Waals surface area contributed by atoms with Gasteiger partial charge in [0.15, 0.2) is 0 Å². The van der Waals surface area contributed by atoms with Crippen LogP contribution in [-0.4, -0.2) is 18.2 Å². The lowest BCUT2D eigenvalue weighted by atomic mass is 9.94. The molecular weight excluding hydrogens is 214 g/mol. The Morgan fingerprint density at radius 2 is 2.35 bits per heavy atom. The topological polar surface area (TPSA) is 71.1 Å². The van der Waals surface area contributed by atoms with Crippen LogP contribution in [0.4, 0.5) is 11.4 Å². The van der Waals surface area contributed by atoms with Crippen LogP contribution in [0.1, 0.15) is 25.8 Å². The summed E-state index contributed by atoms with van der Waals surface area (Å²) in [6, 6.07) is 7.54. The molecule has 1 aliphatic rings. The van der Waals surface area contributed by atoms with Gasteiger partial charge in [-0.05, 0) is 32.4 Å². The van der Waals surface area contributed by atoms with Gasteiger partial charge in [0.05, 0.1) is 28.6 Å². The van der Waals surface area contributed by atoms with Crippen molar-refractivity contribution < 1.29 is 4.74 Å². The second-order valence-electron chi connectivity index (χ2n) is 4.68. The molecule has 1 aromatic carbocycles. The smallest absolute Gasteiger partial charge is 0.101 e. The average molecular weight is 231 g/mol. The molecule has 90 valence electrons. The number of hydrogen-bond acceptors (Lipinski definition) is 4. The number of rotatable bonds is 2. The van der Waals surface area contributed by atoms with Crippen LogP contribution in [-0.2, 0) is 4.74 Å². The van der Waals surface area contributed by atoms with E-state index in [1.54, 1.807) is 6.07 Å². The van der Waals surface area contributed by atoms with Gasteiger partial charge in [0.2, 0.25) is 0 Å². The second-order valence-corrected chi connectivity index (χ2v) is 4.68. The molecule has 17 heavy (non-hydrogen) atoms. The molecule has 1 fully saturated rings. The third-order valence-corrected chi connectivity index (χ3v) is 3.53. The number of nitrogens with two attached hydrogens (primary N) is 1. The molecular formula is C13H17N3O. The lowest BCUT2D eigenvalue weighted by Crippen LogP contribution is -2.41. The summed E-state index contributed by atoms with van der Waals surface area (Å²) in [5, 5.41) is 12.3. The molecule has 0 saturated carbocycles. The molecule has 4 heteroatoms. The summed E-state index contributed by atoms with van der Waals surface area (Å²) >= 11 is 0. The number of nitrogen functional groups attached to an aromatic ring is 1. The van der Waals surface area contributed by atoms with Gasteiger partial charge < -0.3 is 15.8 Å². The SMILES string of the molecule is CC1OCCC1(C)Nc1cccc(C#N)c1N. The van der Waals surface area contributed by atoms with Gasteiger partial charge >= 0.3 is 0 Å². The normalized spacial score (nSPS) is 27.7. The van der Waals surface area contributed by atoms with Crippen molar-refractivity contribution in [3.8, 4) is 6.07 Å². The zero-order valence-corrected chi connectivity index (χ0v) is 10.2. The van der Waals surface area contributed by atoms with Crippen molar-refractivity contribution in [2.45, 2.75) is 31.9 Å². The van der Waals surface area contributed by atoms with Gasteiger partial charge in [0.1, 0.15) is 6.07 Å². The fraction of sp³-hybridized carbons (Fsp3) is 0.462. The maximum absolute atomic E-state index is 8.94. The minimum Gasteiger partial charge on any atom is -0.396 e. The van der Waals surface area contributed by atoms with E-state index in [4.69, 9.17) is 15.7 Å². The number of ether oxygens (including phenoxy) is 1. The summed E-state index contributed by atoms with van der Waals surface area (Å²) in [6.45, 7) is 4.91. The van der Waals surface area contributed by atoms with Crippen LogP contribution >= 0.6 is 0 Å². The quantitative estimate of drug-likeness (QED) is 0.765. The zero-order chi connectivity index (χ0) is 12.5. The second kappa shape index (κ2) is 4.27. The van der Waals surface area contributed by atoms with Crippen molar-refractivity contribution in [2.24, 2.45) is 0 Å². The van der Waals surface area contributed by atoms with Gasteiger partial charge in [0, 0.05) is 6.61 Å². The van der Waals surface area contributed by atoms with E-state index < -0.39 is 0 Å². The Balaban J connectivity index is 2.28. The molecule has 1 aromatic rings. The summed E-state index contributed by atoms with van der Waals surface area (Å²) in [4.78, 5) is 0. The van der Waals surface area contributed by atoms with E-state index >= 15 is 0 Å². The molecule has 0 spiro atoms. The molecule has 4 nitrogen and oxygen atoms in total. The molecule has 3 N–H and O–H groups in total. The first-order valence-corrected chi connectivity index (χ1v) is 5.75. The summed E-state index contributed by atoms with van der Waals surface area (Å²) in [6.07, 6.45) is 1.07. The Morgan fingerprint density at radius 1 is 1.59 bits per heavy atom. The van der Waals surface area contributed by atoms with Crippen molar-refractivity contribution in [1.82, 2.24) is 0 Å². The number of hydrogen-bond donors (Lipinski definition) is 2. The van der Waals surface area contributed by atoms with Crippen molar-refractivity contribution in [3.05, 3.63) is 23.8 Å². The number of benzene rings is 1. The van der Waals surface area contributed by atoms with E-state index in [-0.39, 0.29) is 11.6 Å². The van der Waals surface area contributed by atoms with Crippen molar-refractivity contribution in [2.75, 3.05) is 17.7 Å². The maximum Gasteiger partial charge on any atom is 0.101 e. The molecule has 2 rings (SSSR count). The van der Waals surface area contributed by atoms with Crippen LogP contribution in [0.2, 0.25) is 0 Å². The third kappa shape index (κ3) is 2.06. The Kier molecular flexibility index (Phi) is 2.95. The van der Waals surface area contributed by atoms with Crippen LogP contribution in [0, 0.1) is 11.3 Å². The first-order chi connectivity index (χ1) is 8.07. The average Bonchev–Trinajstić information content (AvgIpc) is 2.62. The van der Waals surface area contributed by atoms with E-state index in [0.29, 0.717) is 11.3 Å². The number of anilines is 2. The lowest BCUT2D eigenvalue weighted by molar-refractivity contribution is 0.105. The Bertz CT molecular complexity index is 466. The minimum absolute atomic E-state index is 0.123. The van der Waals surface area contributed by atoms with E-state index in [0.717, 1.165) is 18.7 Å². The molecule has 0 aliphatic carbocycles. The molecule has 0 bridgehead atoms. The first-order valence-electron chi connectivity index (χ1n) is 5.75. The highest BCUT2D eigenvalue weighted by molar-refractivity contribution is 5.73. The molecule has 1 saturated heterocycles. The Hall–Kier alpha value is -1.73. The van der Waals surface area contributed by atoms with Crippen LogP contribution in [0.5, 0.6) is 0 Å². The van der Waals surface area contributed by atoms with E-state index in [1.807, 2.05) is 19.1 Å². The fourth-order valence-electron chi connectivity index (χ4n) is 2.08.